The molecule has 116 valence electrons. The van der Waals surface area contributed by atoms with Gasteiger partial charge in [-0.05, 0) is 12.1 Å². The quantitative estimate of drug-likeness (QED) is 0.495. The van der Waals surface area contributed by atoms with Crippen LogP contribution in [-0.4, -0.2) is 28.5 Å². The molecule has 0 bridgehead atoms. The number of hydrogen-bond donors (Lipinski definition) is 1. The van der Waals surface area contributed by atoms with Crippen LogP contribution in [0.2, 0.25) is 0 Å². The predicted molar refractivity (Wildman–Crippen MR) is 91.6 cm³/mol. The molecule has 0 spiro atoms. The van der Waals surface area contributed by atoms with Gasteiger partial charge in [0, 0.05) is 16.9 Å². The maximum atomic E-state index is 11.9. The summed E-state index contributed by atoms with van der Waals surface area (Å²) in [6, 6.07) is 7.49. The first-order valence-corrected chi connectivity index (χ1v) is 8.40. The number of anilines is 1. The molecule has 22 heavy (non-hydrogen) atoms. The van der Waals surface area contributed by atoms with Crippen LogP contribution in [0.15, 0.2) is 34.7 Å². The number of amides is 1. The SMILES string of the molecule is COc1ccccc1/C=C/C(=O)Nc1nnc(SC(C)C)s1. The first kappa shape index (κ1) is 16.5. The highest BCUT2D eigenvalue weighted by Gasteiger charge is 2.08. The molecular weight excluding hydrogens is 318 g/mol. The average Bonchev–Trinajstić information content (AvgIpc) is 2.91. The molecule has 0 saturated heterocycles. The standard InChI is InChI=1S/C15H17N3O2S2/c1-10(2)21-15-18-17-14(22-15)16-13(19)9-8-11-6-4-5-7-12(11)20-3/h4-10H,1-3H3,(H,16,17,19)/b9-8+. The van der Waals surface area contributed by atoms with Gasteiger partial charge in [-0.15, -0.1) is 10.2 Å². The Bertz CT molecular complexity index is 668. The van der Waals surface area contributed by atoms with Crippen LogP contribution in [0.1, 0.15) is 19.4 Å². The van der Waals surface area contributed by atoms with E-state index in [2.05, 4.69) is 29.4 Å². The lowest BCUT2D eigenvalue weighted by Crippen LogP contribution is -2.07. The number of hydrogen-bond acceptors (Lipinski definition) is 6. The van der Waals surface area contributed by atoms with Crippen LogP contribution in [0.4, 0.5) is 5.13 Å². The highest BCUT2D eigenvalue weighted by atomic mass is 32.2. The number of rotatable bonds is 6. The fourth-order valence-electron chi connectivity index (χ4n) is 1.63. The largest absolute Gasteiger partial charge is 0.496 e. The molecule has 0 atom stereocenters. The summed E-state index contributed by atoms with van der Waals surface area (Å²) in [7, 11) is 1.60. The molecule has 1 N–H and O–H groups in total. The van der Waals surface area contributed by atoms with Gasteiger partial charge < -0.3 is 4.74 Å². The number of benzene rings is 1. The van der Waals surface area contributed by atoms with Crippen molar-refractivity contribution in [3.8, 4) is 5.75 Å². The summed E-state index contributed by atoms with van der Waals surface area (Å²) in [6.07, 6.45) is 3.16. The van der Waals surface area contributed by atoms with Crippen LogP contribution in [-0.2, 0) is 4.79 Å². The zero-order valence-corrected chi connectivity index (χ0v) is 14.2. The van der Waals surface area contributed by atoms with Crippen LogP contribution in [0, 0.1) is 0 Å². The molecule has 1 aromatic carbocycles. The number of aromatic nitrogens is 2. The highest BCUT2D eigenvalue weighted by molar-refractivity contribution is 8.01. The van der Waals surface area contributed by atoms with Crippen LogP contribution in [0.3, 0.4) is 0 Å². The van der Waals surface area contributed by atoms with Gasteiger partial charge >= 0.3 is 0 Å². The Morgan fingerprint density at radius 1 is 1.36 bits per heavy atom. The van der Waals surface area contributed by atoms with Gasteiger partial charge in [0.1, 0.15) is 5.75 Å². The van der Waals surface area contributed by atoms with Crippen LogP contribution in [0.25, 0.3) is 6.08 Å². The van der Waals surface area contributed by atoms with Gasteiger partial charge in [0.2, 0.25) is 11.0 Å². The van der Waals surface area contributed by atoms with E-state index in [0.717, 1.165) is 15.7 Å². The number of carbonyl (C=O) groups excluding carboxylic acids is 1. The number of methoxy groups -OCH3 is 1. The summed E-state index contributed by atoms with van der Waals surface area (Å²) >= 11 is 2.99. The predicted octanol–water partition coefficient (Wildman–Crippen LogP) is 3.70. The lowest BCUT2D eigenvalue weighted by molar-refractivity contribution is -0.111. The van der Waals surface area contributed by atoms with Gasteiger partial charge in [0.15, 0.2) is 4.34 Å². The van der Waals surface area contributed by atoms with Crippen molar-refractivity contribution < 1.29 is 9.53 Å². The maximum Gasteiger partial charge on any atom is 0.250 e. The summed E-state index contributed by atoms with van der Waals surface area (Å²) < 4.78 is 6.08. The summed E-state index contributed by atoms with van der Waals surface area (Å²) in [5.41, 5.74) is 0.841. The number of para-hydroxylation sites is 1. The molecule has 2 aromatic rings. The second kappa shape index (κ2) is 7.95. The Labute approximate surface area is 137 Å². The first-order chi connectivity index (χ1) is 10.6. The van der Waals surface area contributed by atoms with E-state index in [-0.39, 0.29) is 5.91 Å². The number of thioether (sulfide) groups is 1. The third kappa shape index (κ3) is 4.85. The Morgan fingerprint density at radius 3 is 2.86 bits per heavy atom. The van der Waals surface area contributed by atoms with Crippen LogP contribution in [0.5, 0.6) is 5.75 Å². The molecule has 2 rings (SSSR count). The molecule has 1 heterocycles. The van der Waals surface area contributed by atoms with Crippen molar-refractivity contribution in [1.29, 1.82) is 0 Å². The average molecular weight is 335 g/mol. The van der Waals surface area contributed by atoms with E-state index in [0.29, 0.717) is 10.4 Å². The minimum absolute atomic E-state index is 0.247. The molecule has 0 fully saturated rings. The zero-order valence-electron chi connectivity index (χ0n) is 12.6. The van der Waals surface area contributed by atoms with E-state index >= 15 is 0 Å². The molecule has 1 amide bonds. The molecule has 5 nitrogen and oxygen atoms in total. The highest BCUT2D eigenvalue weighted by Crippen LogP contribution is 2.28. The third-order valence-corrected chi connectivity index (χ3v) is 4.45. The molecule has 0 unspecified atom stereocenters. The monoisotopic (exact) mass is 335 g/mol. The topological polar surface area (TPSA) is 64.1 Å². The Kier molecular flexibility index (Phi) is 5.97. The molecule has 0 saturated carbocycles. The van der Waals surface area contributed by atoms with Crippen molar-refractivity contribution in [3.63, 3.8) is 0 Å². The van der Waals surface area contributed by atoms with E-state index in [4.69, 9.17) is 4.74 Å². The van der Waals surface area contributed by atoms with Gasteiger partial charge in [0.25, 0.3) is 0 Å². The van der Waals surface area contributed by atoms with Crippen molar-refractivity contribution in [1.82, 2.24) is 10.2 Å². The Balaban J connectivity index is 1.97. The smallest absolute Gasteiger partial charge is 0.250 e. The molecule has 1 aromatic heterocycles. The summed E-state index contributed by atoms with van der Waals surface area (Å²) in [5, 5.41) is 11.6. The van der Waals surface area contributed by atoms with Crippen molar-refractivity contribution >= 4 is 40.2 Å². The number of nitrogens with one attached hydrogen (secondary N) is 1. The summed E-state index contributed by atoms with van der Waals surface area (Å²) in [4.78, 5) is 11.9. The van der Waals surface area contributed by atoms with E-state index in [1.54, 1.807) is 24.9 Å². The third-order valence-electron chi connectivity index (χ3n) is 2.53. The van der Waals surface area contributed by atoms with Crippen molar-refractivity contribution in [2.75, 3.05) is 12.4 Å². The number of nitrogens with zero attached hydrogens (tertiary/aromatic N) is 2. The molecule has 0 aliphatic rings. The van der Waals surface area contributed by atoms with Crippen molar-refractivity contribution in [2.45, 2.75) is 23.4 Å². The number of ether oxygens (including phenoxy) is 1. The Hall–Kier alpha value is -1.86. The van der Waals surface area contributed by atoms with E-state index in [1.807, 2.05) is 24.3 Å². The first-order valence-electron chi connectivity index (χ1n) is 6.70. The lowest BCUT2D eigenvalue weighted by Gasteiger charge is -2.03. The Morgan fingerprint density at radius 2 is 2.14 bits per heavy atom. The van der Waals surface area contributed by atoms with Crippen molar-refractivity contribution in [2.24, 2.45) is 0 Å². The molecule has 0 aliphatic heterocycles. The minimum atomic E-state index is -0.247. The second-order valence-corrected chi connectivity index (χ2v) is 7.41. The maximum absolute atomic E-state index is 11.9. The van der Waals surface area contributed by atoms with E-state index < -0.39 is 0 Å². The molecular formula is C15H17N3O2S2. The fourth-order valence-corrected chi connectivity index (χ4v) is 3.60. The second-order valence-electron chi connectivity index (χ2n) is 4.60. The molecule has 0 radical (unpaired) electrons. The van der Waals surface area contributed by atoms with Crippen LogP contribution >= 0.6 is 23.1 Å². The van der Waals surface area contributed by atoms with Crippen molar-refractivity contribution in [3.05, 3.63) is 35.9 Å². The molecule has 0 aliphatic carbocycles. The zero-order chi connectivity index (χ0) is 15.9. The summed E-state index contributed by atoms with van der Waals surface area (Å²) in [5.74, 6) is 0.473. The molecule has 7 heteroatoms. The minimum Gasteiger partial charge on any atom is -0.496 e. The van der Waals surface area contributed by atoms with Crippen LogP contribution < -0.4 is 10.1 Å². The van der Waals surface area contributed by atoms with E-state index in [1.165, 1.54) is 17.4 Å². The summed E-state index contributed by atoms with van der Waals surface area (Å²) in [6.45, 7) is 4.17. The normalized spacial score (nSPS) is 11.1. The van der Waals surface area contributed by atoms with Gasteiger partial charge in [-0.25, -0.2) is 0 Å². The van der Waals surface area contributed by atoms with Gasteiger partial charge in [-0.1, -0.05) is 55.1 Å². The lowest BCUT2D eigenvalue weighted by atomic mass is 10.2. The van der Waals surface area contributed by atoms with Gasteiger partial charge in [-0.2, -0.15) is 0 Å². The number of carbonyl (C=O) groups is 1. The van der Waals surface area contributed by atoms with E-state index in [9.17, 15) is 4.79 Å². The van der Waals surface area contributed by atoms with Gasteiger partial charge in [-0.3, -0.25) is 10.1 Å². The van der Waals surface area contributed by atoms with Gasteiger partial charge in [0.05, 0.1) is 7.11 Å². The fraction of sp³-hybridized carbons (Fsp3) is 0.267.